The van der Waals surface area contributed by atoms with Crippen LogP contribution in [0.25, 0.3) is 0 Å². The molecule has 4 aromatic carbocycles. The molecule has 1 nitrogen and oxygen atoms in total. The van der Waals surface area contributed by atoms with E-state index in [4.69, 9.17) is 0 Å². The van der Waals surface area contributed by atoms with Gasteiger partial charge in [0.1, 0.15) is 0 Å². The van der Waals surface area contributed by atoms with E-state index in [1.54, 1.807) is 0 Å². The molecule has 0 atom stereocenters. The molecule has 0 fully saturated rings. The lowest BCUT2D eigenvalue weighted by Crippen LogP contribution is -2.32. The number of aliphatic hydroxyl groups excluding tert-OH is 1. The van der Waals surface area contributed by atoms with Crippen molar-refractivity contribution in [3.63, 3.8) is 0 Å². The van der Waals surface area contributed by atoms with Crippen molar-refractivity contribution in [3.05, 3.63) is 126 Å². The predicted molar refractivity (Wildman–Crippen MR) is 121 cm³/mol. The van der Waals surface area contributed by atoms with Gasteiger partial charge in [0.25, 0.3) is 0 Å². The third kappa shape index (κ3) is 3.64. The second-order valence-corrected chi connectivity index (χ2v) is 10.4. The summed E-state index contributed by atoms with van der Waals surface area (Å²) in [5.74, 6) is 0. The Hall–Kier alpha value is -2.73. The number of aliphatic hydroxyl groups is 1. The lowest BCUT2D eigenvalue weighted by molar-refractivity contribution is 0.282. The molecule has 0 unspecified atom stereocenters. The number of rotatable bonds is 6. The van der Waals surface area contributed by atoms with Gasteiger partial charge in [0.05, 0.1) is 6.61 Å². The van der Waals surface area contributed by atoms with Gasteiger partial charge in [0.15, 0.2) is 0 Å². The van der Waals surface area contributed by atoms with Gasteiger partial charge in [-0.15, -0.1) is 0 Å². The predicted octanol–water partition coefficient (Wildman–Crippen LogP) is 4.67. The van der Waals surface area contributed by atoms with Crippen LogP contribution in [0.3, 0.4) is 0 Å². The molecule has 0 aromatic heterocycles. The summed E-state index contributed by atoms with van der Waals surface area (Å²) < 4.78 is 0. The van der Waals surface area contributed by atoms with E-state index in [9.17, 15) is 5.11 Å². The lowest BCUT2D eigenvalue weighted by atomic mass is 10.2. The molecule has 1 N–H and O–H groups in total. The Balaban J connectivity index is 1.95. The molecule has 0 aliphatic heterocycles. The van der Waals surface area contributed by atoms with Crippen molar-refractivity contribution in [1.29, 1.82) is 0 Å². The third-order valence-corrected chi connectivity index (χ3v) is 9.59. The van der Waals surface area contributed by atoms with Gasteiger partial charge in [0.2, 0.25) is 0 Å². The second-order valence-electron chi connectivity index (χ2n) is 6.95. The standard InChI is InChI=1S/C26H24OP/c27-20-22-16-18-23(19-17-22)21-28(24-10-4-1-5-11-24,25-12-6-2-7-13-25)26-14-8-3-9-15-26/h1-19,27H,20-21H2. The van der Waals surface area contributed by atoms with Gasteiger partial charge >= 0.3 is 0 Å². The highest BCUT2D eigenvalue weighted by molar-refractivity contribution is 7.95. The van der Waals surface area contributed by atoms with Crippen LogP contribution in [0.15, 0.2) is 115 Å². The highest BCUT2D eigenvalue weighted by Crippen LogP contribution is 2.58. The molecule has 0 aliphatic rings. The monoisotopic (exact) mass is 383 g/mol. The molecule has 0 bridgehead atoms. The van der Waals surface area contributed by atoms with Crippen molar-refractivity contribution in [1.82, 2.24) is 0 Å². The minimum Gasteiger partial charge on any atom is -0.392 e. The van der Waals surface area contributed by atoms with Crippen LogP contribution >= 0.6 is 7.26 Å². The molecule has 4 aromatic rings. The Morgan fingerprint density at radius 1 is 0.464 bits per heavy atom. The fraction of sp³-hybridized carbons (Fsp3) is 0.0769. The van der Waals surface area contributed by atoms with Crippen LogP contribution < -0.4 is 15.9 Å². The van der Waals surface area contributed by atoms with Crippen molar-refractivity contribution in [2.45, 2.75) is 12.8 Å². The van der Waals surface area contributed by atoms with E-state index >= 15 is 0 Å². The van der Waals surface area contributed by atoms with E-state index in [1.165, 1.54) is 21.5 Å². The van der Waals surface area contributed by atoms with Gasteiger partial charge in [-0.05, 0) is 34.3 Å². The van der Waals surface area contributed by atoms with Crippen molar-refractivity contribution in [2.24, 2.45) is 0 Å². The Bertz CT molecular complexity index is 900. The maximum absolute atomic E-state index is 9.40. The number of hydrogen-bond donors (Lipinski definition) is 1. The highest BCUT2D eigenvalue weighted by Gasteiger charge is 2.33. The largest absolute Gasteiger partial charge is 0.392 e. The van der Waals surface area contributed by atoms with Crippen LogP contribution in [0.1, 0.15) is 11.1 Å². The molecule has 0 heterocycles. The van der Waals surface area contributed by atoms with E-state index in [0.29, 0.717) is 0 Å². The molecule has 1 radical (unpaired) electrons. The van der Waals surface area contributed by atoms with E-state index in [-0.39, 0.29) is 6.61 Å². The van der Waals surface area contributed by atoms with Crippen molar-refractivity contribution >= 4 is 23.2 Å². The molecule has 2 heteroatoms. The SMILES string of the molecule is OCc1ccc(C[P](c2ccccc2)(c2ccccc2)c2ccccc2)cc1. The Labute approximate surface area is 167 Å². The fourth-order valence-corrected chi connectivity index (χ4v) is 8.04. The zero-order valence-corrected chi connectivity index (χ0v) is 16.7. The van der Waals surface area contributed by atoms with Crippen LogP contribution in [0, 0.1) is 0 Å². The van der Waals surface area contributed by atoms with Crippen LogP contribution in [0.5, 0.6) is 0 Å². The molecule has 139 valence electrons. The summed E-state index contributed by atoms with van der Waals surface area (Å²) in [7, 11) is -1.86. The fourth-order valence-electron chi connectivity index (χ4n) is 3.79. The smallest absolute Gasteiger partial charge is 0.0681 e. The van der Waals surface area contributed by atoms with Crippen LogP contribution in [-0.4, -0.2) is 5.11 Å². The van der Waals surface area contributed by atoms with Gasteiger partial charge in [-0.1, -0.05) is 115 Å². The average molecular weight is 383 g/mol. The van der Waals surface area contributed by atoms with E-state index in [1.807, 2.05) is 12.1 Å². The molecule has 0 saturated carbocycles. The second kappa shape index (κ2) is 8.52. The maximum Gasteiger partial charge on any atom is 0.0681 e. The molecule has 4 rings (SSSR count). The molecule has 0 saturated heterocycles. The van der Waals surface area contributed by atoms with E-state index < -0.39 is 7.26 Å². The normalized spacial score (nSPS) is 11.3. The van der Waals surface area contributed by atoms with Crippen LogP contribution in [-0.2, 0) is 12.8 Å². The van der Waals surface area contributed by atoms with Gasteiger partial charge < -0.3 is 5.11 Å². The average Bonchev–Trinajstić information content (AvgIpc) is 2.80. The van der Waals surface area contributed by atoms with Gasteiger partial charge in [-0.3, -0.25) is 0 Å². The van der Waals surface area contributed by atoms with Crippen molar-refractivity contribution in [2.75, 3.05) is 0 Å². The zero-order valence-electron chi connectivity index (χ0n) is 15.8. The zero-order chi connectivity index (χ0) is 19.2. The summed E-state index contributed by atoms with van der Waals surface area (Å²) in [5, 5.41) is 13.6. The Morgan fingerprint density at radius 2 is 0.821 bits per heavy atom. The van der Waals surface area contributed by atoms with Gasteiger partial charge in [0, 0.05) is 6.16 Å². The summed E-state index contributed by atoms with van der Waals surface area (Å²) in [6, 6.07) is 41.2. The van der Waals surface area contributed by atoms with Crippen LogP contribution in [0.2, 0.25) is 0 Å². The third-order valence-electron chi connectivity index (χ3n) is 5.22. The molecular weight excluding hydrogens is 359 g/mol. The summed E-state index contributed by atoms with van der Waals surface area (Å²) in [6.45, 7) is 0.0800. The topological polar surface area (TPSA) is 20.2 Å². The van der Waals surface area contributed by atoms with E-state index in [0.717, 1.165) is 11.7 Å². The van der Waals surface area contributed by atoms with E-state index in [2.05, 4.69) is 103 Å². The summed E-state index contributed by atoms with van der Waals surface area (Å²) >= 11 is 0. The minimum atomic E-state index is -1.86. The summed E-state index contributed by atoms with van der Waals surface area (Å²) in [4.78, 5) is 0. The molecule has 0 aliphatic carbocycles. The first-order chi connectivity index (χ1) is 13.8. The van der Waals surface area contributed by atoms with Gasteiger partial charge in [-0.2, -0.15) is 0 Å². The molecule has 0 amide bonds. The summed E-state index contributed by atoms with van der Waals surface area (Å²) in [6.07, 6.45) is 0.955. The Morgan fingerprint density at radius 3 is 1.18 bits per heavy atom. The number of hydrogen-bond acceptors (Lipinski definition) is 1. The first-order valence-corrected chi connectivity index (χ1v) is 11.5. The quantitative estimate of drug-likeness (QED) is 0.480. The van der Waals surface area contributed by atoms with Gasteiger partial charge in [-0.25, -0.2) is 0 Å². The summed E-state index contributed by atoms with van der Waals surface area (Å²) in [5.41, 5.74) is 2.24. The Kier molecular flexibility index (Phi) is 5.67. The maximum atomic E-state index is 9.40. The molecular formula is C26H24OP. The first-order valence-electron chi connectivity index (χ1n) is 9.56. The minimum absolute atomic E-state index is 0.0800. The molecule has 0 spiro atoms. The number of benzene rings is 4. The van der Waals surface area contributed by atoms with Crippen molar-refractivity contribution in [3.8, 4) is 0 Å². The van der Waals surface area contributed by atoms with Crippen molar-refractivity contribution < 1.29 is 5.11 Å². The first kappa shape index (κ1) is 18.6. The van der Waals surface area contributed by atoms with Crippen LogP contribution in [0.4, 0.5) is 0 Å². The highest BCUT2D eigenvalue weighted by atomic mass is 31.2. The molecule has 28 heavy (non-hydrogen) atoms. The lowest BCUT2D eigenvalue weighted by Gasteiger charge is -2.38.